The molecule has 2 heterocycles. The van der Waals surface area contributed by atoms with E-state index in [1.807, 2.05) is 24.3 Å². The number of β-amino-alcohol motifs (C(OH)–C–C–N with tert-alkyl or cyclic N) is 1. The first-order chi connectivity index (χ1) is 11.9. The Hall–Kier alpha value is -2.74. The quantitative estimate of drug-likeness (QED) is 0.832. The topological polar surface area (TPSA) is 93.4 Å². The molecule has 8 heteroatoms. The molecule has 1 unspecified atom stereocenters. The number of aromatic nitrogens is 4. The van der Waals surface area contributed by atoms with Crippen molar-refractivity contribution in [1.29, 1.82) is 0 Å². The fourth-order valence-electron chi connectivity index (χ4n) is 2.84. The largest absolute Gasteiger partial charge is 0.497 e. The second kappa shape index (κ2) is 6.64. The summed E-state index contributed by atoms with van der Waals surface area (Å²) in [5, 5.41) is 21.6. The van der Waals surface area contributed by atoms with Crippen molar-refractivity contribution in [2.24, 2.45) is 0 Å². The van der Waals surface area contributed by atoms with E-state index in [0.717, 1.165) is 5.56 Å². The summed E-state index contributed by atoms with van der Waals surface area (Å²) in [5.41, 5.74) is 0.254. The molecule has 132 valence electrons. The summed E-state index contributed by atoms with van der Waals surface area (Å²) >= 11 is 0. The molecule has 1 fully saturated rings. The van der Waals surface area contributed by atoms with Crippen LogP contribution in [-0.4, -0.2) is 61.9 Å². The van der Waals surface area contributed by atoms with E-state index in [9.17, 15) is 9.90 Å². The van der Waals surface area contributed by atoms with Crippen molar-refractivity contribution in [2.45, 2.75) is 25.9 Å². The zero-order valence-electron chi connectivity index (χ0n) is 14.5. The van der Waals surface area contributed by atoms with Crippen LogP contribution in [0.25, 0.3) is 11.8 Å². The molecular weight excluding hydrogens is 322 g/mol. The van der Waals surface area contributed by atoms with E-state index in [0.29, 0.717) is 30.2 Å². The van der Waals surface area contributed by atoms with E-state index in [-0.39, 0.29) is 12.5 Å². The third kappa shape index (κ3) is 3.69. The summed E-state index contributed by atoms with van der Waals surface area (Å²) in [4.78, 5) is 14.7. The Balaban J connectivity index is 2.00. The molecule has 3 rings (SSSR count). The van der Waals surface area contributed by atoms with Crippen LogP contribution < -0.4 is 4.74 Å². The van der Waals surface area contributed by atoms with E-state index < -0.39 is 5.60 Å². The van der Waals surface area contributed by atoms with Gasteiger partial charge >= 0.3 is 0 Å². The van der Waals surface area contributed by atoms with Crippen molar-refractivity contribution in [1.82, 2.24) is 25.1 Å². The summed E-state index contributed by atoms with van der Waals surface area (Å²) in [5.74, 6) is 0.975. The Kier molecular flexibility index (Phi) is 4.54. The van der Waals surface area contributed by atoms with Crippen molar-refractivity contribution >= 4 is 17.7 Å². The lowest BCUT2D eigenvalue weighted by molar-refractivity contribution is -0.125. The van der Waals surface area contributed by atoms with Crippen LogP contribution in [0.5, 0.6) is 5.75 Å². The lowest BCUT2D eigenvalue weighted by Crippen LogP contribution is -2.35. The molecule has 0 spiro atoms. The van der Waals surface area contributed by atoms with Crippen LogP contribution in [0.15, 0.2) is 24.3 Å². The van der Waals surface area contributed by atoms with Gasteiger partial charge in [-0.25, -0.2) is 0 Å². The number of benzene rings is 1. The summed E-state index contributed by atoms with van der Waals surface area (Å²) in [7, 11) is 1.59. The van der Waals surface area contributed by atoms with E-state index in [1.54, 1.807) is 31.9 Å². The number of carbonyl (C=O) groups is 1. The van der Waals surface area contributed by atoms with Crippen molar-refractivity contribution in [3.8, 4) is 5.75 Å². The summed E-state index contributed by atoms with van der Waals surface area (Å²) < 4.78 is 6.65. The third-order valence-electron chi connectivity index (χ3n) is 4.21. The van der Waals surface area contributed by atoms with Gasteiger partial charge in [0.15, 0.2) is 5.82 Å². The minimum absolute atomic E-state index is 0.226. The van der Waals surface area contributed by atoms with Gasteiger partial charge in [-0.1, -0.05) is 12.1 Å². The summed E-state index contributed by atoms with van der Waals surface area (Å²) in [6.45, 7) is 4.23. The number of carbonyl (C=O) groups excluding carboxylic acids is 1. The van der Waals surface area contributed by atoms with Crippen molar-refractivity contribution in [3.63, 3.8) is 0 Å². The maximum absolute atomic E-state index is 13.0. The van der Waals surface area contributed by atoms with Crippen LogP contribution in [0.3, 0.4) is 0 Å². The highest BCUT2D eigenvalue weighted by Gasteiger charge is 2.35. The zero-order valence-corrected chi connectivity index (χ0v) is 14.5. The number of ether oxygens (including phenoxy) is 1. The van der Waals surface area contributed by atoms with Gasteiger partial charge < -0.3 is 14.7 Å². The number of amides is 1. The van der Waals surface area contributed by atoms with Crippen LogP contribution in [-0.2, 0) is 4.79 Å². The lowest BCUT2D eigenvalue weighted by Gasteiger charge is -2.20. The molecule has 1 atom stereocenters. The maximum Gasteiger partial charge on any atom is 0.272 e. The molecule has 2 aromatic rings. The Morgan fingerprint density at radius 2 is 2.24 bits per heavy atom. The van der Waals surface area contributed by atoms with Crippen molar-refractivity contribution in [3.05, 3.63) is 35.7 Å². The molecule has 0 bridgehead atoms. The van der Waals surface area contributed by atoms with Crippen LogP contribution in [0, 0.1) is 6.92 Å². The summed E-state index contributed by atoms with van der Waals surface area (Å²) in [6.07, 6.45) is 2.26. The number of hydrogen-bond acceptors (Lipinski definition) is 6. The number of aliphatic hydroxyl groups is 1. The van der Waals surface area contributed by atoms with Gasteiger partial charge in [-0.2, -0.15) is 4.68 Å². The van der Waals surface area contributed by atoms with Crippen molar-refractivity contribution in [2.75, 3.05) is 20.2 Å². The van der Waals surface area contributed by atoms with Crippen LogP contribution in [0.2, 0.25) is 0 Å². The molecule has 25 heavy (non-hydrogen) atoms. The number of aryl methyl sites for hydroxylation is 1. The van der Waals surface area contributed by atoms with E-state index in [4.69, 9.17) is 4.74 Å². The van der Waals surface area contributed by atoms with Gasteiger partial charge in [0.05, 0.1) is 12.7 Å². The second-order valence-electron chi connectivity index (χ2n) is 6.42. The molecule has 1 aromatic heterocycles. The van der Waals surface area contributed by atoms with E-state index in [2.05, 4.69) is 15.5 Å². The minimum atomic E-state index is -0.869. The fourth-order valence-corrected chi connectivity index (χ4v) is 2.84. The first kappa shape index (κ1) is 17.1. The summed E-state index contributed by atoms with van der Waals surface area (Å²) in [6, 6.07) is 7.38. The van der Waals surface area contributed by atoms with Gasteiger partial charge in [0, 0.05) is 13.1 Å². The number of nitrogens with zero attached hydrogens (tertiary/aromatic N) is 5. The number of rotatable bonds is 4. The average Bonchev–Trinajstić information content (AvgIpc) is 3.17. The normalized spacial score (nSPS) is 20.8. The monoisotopic (exact) mass is 343 g/mol. The second-order valence-corrected chi connectivity index (χ2v) is 6.42. The number of likely N-dealkylation sites (tertiary alicyclic amines) is 1. The van der Waals surface area contributed by atoms with Crippen LogP contribution in [0.1, 0.15) is 24.7 Å². The molecule has 1 aliphatic heterocycles. The predicted molar refractivity (Wildman–Crippen MR) is 91.5 cm³/mol. The first-order valence-electron chi connectivity index (χ1n) is 8.02. The smallest absolute Gasteiger partial charge is 0.272 e. The highest BCUT2D eigenvalue weighted by molar-refractivity contribution is 6.18. The molecule has 1 N–H and O–H groups in total. The molecule has 1 aromatic carbocycles. The Morgan fingerprint density at radius 1 is 1.44 bits per heavy atom. The highest BCUT2D eigenvalue weighted by Crippen LogP contribution is 2.24. The molecule has 0 saturated carbocycles. The molecule has 8 nitrogen and oxygen atoms in total. The molecular formula is C17H21N5O3. The van der Waals surface area contributed by atoms with Gasteiger partial charge in [-0.15, -0.1) is 5.10 Å². The lowest BCUT2D eigenvalue weighted by atomic mass is 10.1. The third-order valence-corrected chi connectivity index (χ3v) is 4.21. The number of hydrogen-bond donors (Lipinski definition) is 1. The van der Waals surface area contributed by atoms with Gasteiger partial charge in [0.1, 0.15) is 11.4 Å². The van der Waals surface area contributed by atoms with Crippen LogP contribution in [0.4, 0.5) is 0 Å². The minimum Gasteiger partial charge on any atom is -0.497 e. The SMILES string of the molecule is COc1cccc(/C=C(/C(=O)N2CCC(C)(O)C2)n2nnnc2C)c1. The fraction of sp³-hybridized carbons (Fsp3) is 0.412. The Bertz CT molecular complexity index is 812. The van der Waals surface area contributed by atoms with Gasteiger partial charge in [0.2, 0.25) is 0 Å². The average molecular weight is 343 g/mol. The molecule has 1 saturated heterocycles. The van der Waals surface area contributed by atoms with Crippen molar-refractivity contribution < 1.29 is 14.6 Å². The van der Waals surface area contributed by atoms with E-state index >= 15 is 0 Å². The number of tetrazole rings is 1. The highest BCUT2D eigenvalue weighted by atomic mass is 16.5. The first-order valence-corrected chi connectivity index (χ1v) is 8.02. The van der Waals surface area contributed by atoms with Gasteiger partial charge in [-0.3, -0.25) is 4.79 Å². The standard InChI is InChI=1S/C17H21N5O3/c1-12-18-19-20-22(12)15(10-13-5-4-6-14(9-13)25-3)16(23)21-8-7-17(2,24)11-21/h4-6,9-10,24H,7-8,11H2,1-3H3/b15-10-. The Morgan fingerprint density at radius 3 is 2.84 bits per heavy atom. The van der Waals surface area contributed by atoms with Gasteiger partial charge in [-0.05, 0) is 54.5 Å². The van der Waals surface area contributed by atoms with Gasteiger partial charge in [0.25, 0.3) is 5.91 Å². The molecule has 1 amide bonds. The molecule has 0 aliphatic carbocycles. The molecule has 1 aliphatic rings. The molecule has 0 radical (unpaired) electrons. The van der Waals surface area contributed by atoms with E-state index in [1.165, 1.54) is 4.68 Å². The number of methoxy groups -OCH3 is 1. The Labute approximate surface area is 145 Å². The zero-order chi connectivity index (χ0) is 18.0. The van der Waals surface area contributed by atoms with Crippen LogP contribution >= 0.6 is 0 Å². The predicted octanol–water partition coefficient (Wildman–Crippen LogP) is 0.972. The maximum atomic E-state index is 13.0.